The first-order valence-electron chi connectivity index (χ1n) is 44.1. The minimum Gasteiger partial charge on any atom is -0.497 e. The number of epoxide rings is 2. The van der Waals surface area contributed by atoms with Gasteiger partial charge in [-0.1, -0.05) is 226 Å². The predicted octanol–water partition coefficient (Wildman–Crippen LogP) is 13.9. The molecule has 11 atom stereocenters. The standard InChI is InChI=1S/C34H38N2O7.C23H27NO6.C22H25NO6.C12H15NO2.C11H13NO4.CH4.2U.H2/c1-23(35-33(40)42-21-26-12-8-5-9-13-26)30(37)20-27(18-25-14-16-28(41-3)17-15-25)32(39)36-29(31(38)34(2)22-43-34)19-24-10-6-4-7-11-24;1-16(24-23(27)30-15-18-7-5-4-6-8-18)21(25)14-19(22(26)29-3)13-17-9-11-20(28-2)12-10-17;1-15(23-22(27)29-14-17-6-4-3-5-7-17)20(24)13-18(21(25)26)12-16-8-10-19(28-2)11-9-16;1-12(8-15-12)11(14)10(13)7-9-5-3-2-4-6-9;1-8(10(13)14)12-11(15)16-7-9-5-3-2-4-6-9;;;;/h4-17,23,27,29H,18-22H2,1-3H3,(H,35,40)(H,36,39);4-12,16,19H,13-15H2,1-3H3,(H,24,27);3-11,15,18H,12-14H2,1-2H3,(H,23,27)(H,25,26);2-6,10H,7-8,13H2,1H3;2-6,8H,7H2,1H3,(H,12,15)(H,13,14);1H4;;;1H/t23?,27-,29?,34-;16?,19-;15?,18-;10?,12-;;;;;/m1111...../s1/i;;;;;;;;1+2T. The van der Waals surface area contributed by atoms with Crippen LogP contribution in [-0.4, -0.2) is 176 Å². The maximum atomic E-state index is 13.8. The summed E-state index contributed by atoms with van der Waals surface area (Å²) < 4.78 is 61.1. The molecule has 136 heavy (non-hydrogen) atoms. The molecule has 2 fully saturated rings. The van der Waals surface area contributed by atoms with Crippen LogP contribution in [0.4, 0.5) is 19.2 Å². The van der Waals surface area contributed by atoms with Crippen LogP contribution in [0, 0.1) is 80.0 Å². The van der Waals surface area contributed by atoms with Gasteiger partial charge in [0.1, 0.15) is 60.9 Å². The molecule has 2 saturated heterocycles. The summed E-state index contributed by atoms with van der Waals surface area (Å²) in [4.78, 5) is 159. The molecule has 724 valence electrons. The second-order valence-corrected chi connectivity index (χ2v) is 32.0. The Hall–Kier alpha value is -12.3. The van der Waals surface area contributed by atoms with E-state index in [4.69, 9.17) is 61.2 Å². The minimum atomic E-state index is -1.10. The van der Waals surface area contributed by atoms with Gasteiger partial charge in [-0.25, -0.2) is 19.2 Å². The third-order valence-corrected chi connectivity index (χ3v) is 21.3. The van der Waals surface area contributed by atoms with Crippen LogP contribution in [-0.2, 0) is 135 Å². The summed E-state index contributed by atoms with van der Waals surface area (Å²) in [7, 11) is 5.98. The summed E-state index contributed by atoms with van der Waals surface area (Å²) in [6, 6.07) is 72.6. The van der Waals surface area contributed by atoms with E-state index in [0.717, 1.165) is 50.1 Å². The number of ketones is 5. The molecule has 31 nitrogen and oxygen atoms in total. The number of nitrogens with one attached hydrogen (secondary N) is 5. The SMILES string of the molecule is C.CC(NC(=O)OCc1ccccc1)C(=O)O.COC(=O)[C@@H](CC(=O)C(C)NC(=O)OCc1ccccc1)Cc1ccc(OC)cc1.COc1ccc(C[C@H](CC(=O)C(C)NC(=O)OCc2ccccc2)C(=O)NC(Cc2ccccc2)C(=O)[C@@]2(C)CO2)cc1.COc1ccc(C[C@H](CC(=O)C(C)NC(=O)OCc2ccccc2)C(=O)O)cc1.C[C@]1(C(=O)C(N)Cc2ccccc2)CO1.[3H][3H].[U].[U]. The number of alkyl carbamates (subject to hydrolysis) is 4. The number of aliphatic carboxylic acids is 2. The van der Waals surface area contributed by atoms with Gasteiger partial charge in [-0.2, -0.15) is 0 Å². The average Bonchev–Trinajstić information content (AvgIpc) is 1.65. The first kappa shape index (κ1) is 114. The third-order valence-electron chi connectivity index (χ3n) is 21.3. The summed E-state index contributed by atoms with van der Waals surface area (Å²) in [5, 5.41) is 30.7. The van der Waals surface area contributed by atoms with E-state index in [1.807, 2.05) is 206 Å². The number of hydrogen-bond acceptors (Lipinski definition) is 24. The molecular formula is C103H124N6O25U2. The molecule has 0 bridgehead atoms. The molecule has 2 aliphatic rings. The Kier molecular flexibility index (Phi) is 51.1. The van der Waals surface area contributed by atoms with Crippen LogP contribution in [0.25, 0.3) is 0 Å². The van der Waals surface area contributed by atoms with E-state index >= 15 is 0 Å². The summed E-state index contributed by atoms with van der Waals surface area (Å²) in [6.45, 7) is 10.7. The number of esters is 1. The van der Waals surface area contributed by atoms with E-state index in [2.05, 4.69) is 26.6 Å². The van der Waals surface area contributed by atoms with Crippen LogP contribution in [0.2, 0.25) is 0 Å². The second-order valence-electron chi connectivity index (χ2n) is 32.0. The Morgan fingerprint density at radius 3 is 0.897 bits per heavy atom. The molecule has 11 rings (SSSR count). The summed E-state index contributed by atoms with van der Waals surface area (Å²) in [5.74, 6) is -4.57. The molecule has 0 aromatic heterocycles. The first-order valence-corrected chi connectivity index (χ1v) is 43.1. The summed E-state index contributed by atoms with van der Waals surface area (Å²) in [5.41, 5.74) is 12.1. The van der Waals surface area contributed by atoms with E-state index in [-0.39, 0.29) is 157 Å². The number of carboxylic acid groups (broad SMARTS) is 2. The zero-order chi connectivity index (χ0) is 98.8. The van der Waals surface area contributed by atoms with Gasteiger partial charge in [0.2, 0.25) is 5.91 Å². The van der Waals surface area contributed by atoms with Crippen LogP contribution < -0.4 is 46.5 Å². The summed E-state index contributed by atoms with van der Waals surface area (Å²) >= 11 is 0. The van der Waals surface area contributed by atoms with Crippen molar-refractivity contribution in [3.05, 3.63) is 305 Å². The van der Waals surface area contributed by atoms with Gasteiger partial charge < -0.3 is 89.9 Å². The molecule has 9 aromatic rings. The van der Waals surface area contributed by atoms with Crippen LogP contribution >= 0.6 is 0 Å². The van der Waals surface area contributed by atoms with Gasteiger partial charge in [0.15, 0.2) is 28.9 Å². The molecule has 0 radical (unpaired) electrons. The van der Waals surface area contributed by atoms with Crippen LogP contribution in [0.1, 0.15) is 121 Å². The maximum Gasteiger partial charge on any atom is 0.408 e. The molecule has 2 heterocycles. The van der Waals surface area contributed by atoms with E-state index in [0.29, 0.717) is 49.7 Å². The number of benzene rings is 9. The Balaban J connectivity index is 0.000000460. The van der Waals surface area contributed by atoms with Crippen molar-refractivity contribution in [2.45, 2.75) is 174 Å². The van der Waals surface area contributed by atoms with E-state index in [1.165, 1.54) is 21.0 Å². The van der Waals surface area contributed by atoms with Crippen molar-refractivity contribution in [3.63, 3.8) is 0 Å². The van der Waals surface area contributed by atoms with Gasteiger partial charge in [0.05, 0.1) is 83.7 Å². The van der Waals surface area contributed by atoms with Gasteiger partial charge in [0, 0.05) is 90.4 Å². The van der Waals surface area contributed by atoms with Crippen molar-refractivity contribution in [3.8, 4) is 17.2 Å². The number of amides is 5. The molecule has 6 unspecified atom stereocenters. The van der Waals surface area contributed by atoms with Gasteiger partial charge >= 0.3 is 42.3 Å². The third kappa shape index (κ3) is 42.7. The van der Waals surface area contributed by atoms with E-state index in [9.17, 15) is 67.4 Å². The molecule has 9 aromatic carbocycles. The number of ether oxygens (including phenoxy) is 10. The number of methoxy groups -OCH3 is 4. The molecule has 5 amide bonds. The first-order chi connectivity index (χ1) is 64.7. The van der Waals surface area contributed by atoms with Crippen molar-refractivity contribution in [1.82, 2.24) is 26.6 Å². The van der Waals surface area contributed by atoms with Gasteiger partial charge in [-0.05, 0) is 160 Å². The maximum absolute atomic E-state index is 13.8. The molecule has 9 N–H and O–H groups in total. The molecule has 0 spiro atoms. The quantitative estimate of drug-likeness (QED) is 0.00999. The largest absolute Gasteiger partial charge is 0.497 e. The predicted molar refractivity (Wildman–Crippen MR) is 501 cm³/mol. The van der Waals surface area contributed by atoms with Crippen molar-refractivity contribution < 1.29 is 185 Å². The van der Waals surface area contributed by atoms with E-state index in [1.54, 1.807) is 97.6 Å². The molecule has 2 aliphatic heterocycles. The topological polar surface area (TPSA) is 447 Å². The zero-order valence-electron chi connectivity index (χ0n) is 79.2. The van der Waals surface area contributed by atoms with Crippen LogP contribution in [0.5, 0.6) is 17.2 Å². The number of Topliss-reactive ketones (excluding diaryl/α,β-unsaturated/α-hetero) is 5. The second kappa shape index (κ2) is 60.9. The zero-order valence-corrected chi connectivity index (χ0v) is 85.5. The Bertz CT molecular complexity index is 5220. The fourth-order valence-corrected chi connectivity index (χ4v) is 12.9. The van der Waals surface area contributed by atoms with Gasteiger partial charge in [-0.3, -0.25) is 43.2 Å². The number of hydrogen-bond donors (Lipinski definition) is 8. The van der Waals surface area contributed by atoms with Gasteiger partial charge in [-0.15, -0.1) is 0 Å². The Morgan fingerprint density at radius 2 is 0.610 bits per heavy atom. The number of nitrogens with two attached hydrogens (primary N) is 1. The number of carboxylic acids is 2. The monoisotopic (exact) mass is 2320 g/mol. The van der Waals surface area contributed by atoms with Gasteiger partial charge in [0.25, 0.3) is 0 Å². The van der Waals surface area contributed by atoms with Crippen molar-refractivity contribution in [1.29, 1.82) is 0 Å². The van der Waals surface area contributed by atoms with E-state index < -0.39 is 113 Å². The van der Waals surface area contributed by atoms with Crippen LogP contribution in [0.3, 0.4) is 0 Å². The Morgan fingerprint density at radius 1 is 0.353 bits per heavy atom. The average molecular weight is 2330 g/mol. The van der Waals surface area contributed by atoms with Crippen LogP contribution in [0.15, 0.2) is 255 Å². The van der Waals surface area contributed by atoms with Crippen molar-refractivity contribution in [2.75, 3.05) is 41.7 Å². The molecule has 0 aliphatic carbocycles. The molecular weight excluding hydrogens is 2200 g/mol. The van der Waals surface area contributed by atoms with Crippen molar-refractivity contribution in [2.24, 2.45) is 23.5 Å². The fourth-order valence-electron chi connectivity index (χ4n) is 12.9. The van der Waals surface area contributed by atoms with Crippen molar-refractivity contribution >= 4 is 77.1 Å². The normalized spacial score (nSPS) is 15.2. The smallest absolute Gasteiger partial charge is 0.408 e. The Labute approximate surface area is 844 Å². The fraction of sp³-hybridized carbons (Fsp3) is 0.350. The molecule has 0 saturated carbocycles. The minimum absolute atomic E-state index is 0. The number of carbonyl (C=O) groups excluding carboxylic acids is 11. The summed E-state index contributed by atoms with van der Waals surface area (Å²) in [6.07, 6.45) is -1.63. The molecule has 33 heteroatoms. The number of rotatable bonds is 43. The number of carbonyl (C=O) groups is 13.